The minimum atomic E-state index is -1.54. The van der Waals surface area contributed by atoms with Crippen molar-refractivity contribution in [3.05, 3.63) is 207 Å². The molecule has 0 radical (unpaired) electrons. The standard InChI is InChI=1S/C84H131NO8/c1-6-8-10-12-14-16-18-20-22-24-26-28-30-32-34-36-38-39-40-41-42-43-45-47-49-51-53-55-57-59-61-63-65-67-69-71-73-75-82(87)93-80(79-92-84(83(88)89)90-77-76-85(3,4)5)78-91-81(86)74-72-70-68-66-64-62-60-58-56-54-52-50-48-46-44-37-35-33-31-29-27-25-23-21-19-17-15-13-11-9-7-2/h8-11,14-17,20-23,26-29,32-35,38-39,41-42,44-47,51,53,57,59,63,65,80,84H,6-7,12-13,18-19,24-25,30-31,36-37,40,43,48-50,52,54-56,58,60-62,64,66-79H2,1-5H3/p+1/b10-8-,11-9-,16-14-,17-15-,22-20-,23-21-,28-26-,29-27-,34-32-,35-33-,39-38-,42-41-,46-44-,47-45-,53-51-,59-57-,65-63-. The molecule has 0 spiro atoms. The van der Waals surface area contributed by atoms with E-state index in [0.717, 1.165) is 154 Å². The lowest BCUT2D eigenvalue weighted by atomic mass is 10.0. The molecule has 0 saturated heterocycles. The number of carbonyl (C=O) groups is 3. The zero-order chi connectivity index (χ0) is 67.5. The number of carbonyl (C=O) groups excluding carboxylic acids is 2. The number of aliphatic carboxylic acids is 1. The third-order valence-electron chi connectivity index (χ3n) is 14.5. The maximum absolute atomic E-state index is 12.9. The van der Waals surface area contributed by atoms with Crippen LogP contribution in [0.1, 0.15) is 245 Å². The number of esters is 2. The lowest BCUT2D eigenvalue weighted by Crippen LogP contribution is -2.40. The van der Waals surface area contributed by atoms with Gasteiger partial charge in [-0.15, -0.1) is 0 Å². The van der Waals surface area contributed by atoms with Crippen LogP contribution in [0.3, 0.4) is 0 Å². The van der Waals surface area contributed by atoms with Crippen molar-refractivity contribution in [3.63, 3.8) is 0 Å². The summed E-state index contributed by atoms with van der Waals surface area (Å²) in [5.41, 5.74) is 0. The Bertz CT molecular complexity index is 2280. The van der Waals surface area contributed by atoms with Gasteiger partial charge in [0.15, 0.2) is 6.10 Å². The third-order valence-corrected chi connectivity index (χ3v) is 14.5. The first kappa shape index (κ1) is 86.9. The number of unbranched alkanes of at least 4 members (excludes halogenated alkanes) is 15. The van der Waals surface area contributed by atoms with Crippen molar-refractivity contribution in [3.8, 4) is 0 Å². The van der Waals surface area contributed by atoms with Gasteiger partial charge < -0.3 is 28.5 Å². The van der Waals surface area contributed by atoms with Crippen LogP contribution in [0.5, 0.6) is 0 Å². The van der Waals surface area contributed by atoms with Crippen molar-refractivity contribution >= 4 is 17.9 Å². The van der Waals surface area contributed by atoms with Crippen LogP contribution < -0.4 is 0 Å². The Hall–Kier alpha value is -6.13. The lowest BCUT2D eigenvalue weighted by Gasteiger charge is -2.25. The maximum Gasteiger partial charge on any atom is 0.361 e. The van der Waals surface area contributed by atoms with E-state index >= 15 is 0 Å². The molecule has 9 nitrogen and oxygen atoms in total. The number of quaternary nitrogens is 1. The van der Waals surface area contributed by atoms with Crippen molar-refractivity contribution < 1.29 is 42.9 Å². The number of carboxylic acids is 1. The molecule has 0 rings (SSSR count). The summed E-state index contributed by atoms with van der Waals surface area (Å²) >= 11 is 0. The lowest BCUT2D eigenvalue weighted by molar-refractivity contribution is -0.870. The van der Waals surface area contributed by atoms with Crippen molar-refractivity contribution in [2.45, 2.75) is 257 Å². The normalized spacial score (nSPS) is 13.9. The van der Waals surface area contributed by atoms with Crippen molar-refractivity contribution in [1.29, 1.82) is 0 Å². The molecule has 0 bridgehead atoms. The Labute approximate surface area is 569 Å². The van der Waals surface area contributed by atoms with Gasteiger partial charge in [0.05, 0.1) is 34.4 Å². The number of nitrogens with zero attached hydrogens (tertiary/aromatic N) is 1. The first-order chi connectivity index (χ1) is 45.6. The van der Waals surface area contributed by atoms with E-state index < -0.39 is 24.3 Å². The number of carboxylic acid groups (broad SMARTS) is 1. The molecule has 0 amide bonds. The summed E-state index contributed by atoms with van der Waals surface area (Å²) in [6, 6.07) is 0. The average molecular weight is 1280 g/mol. The van der Waals surface area contributed by atoms with Crippen molar-refractivity contribution in [2.24, 2.45) is 0 Å². The number of hydrogen-bond donors (Lipinski definition) is 1. The number of rotatable bonds is 64. The molecule has 0 aromatic rings. The van der Waals surface area contributed by atoms with Crippen LogP contribution in [0.15, 0.2) is 207 Å². The van der Waals surface area contributed by atoms with E-state index in [2.05, 4.69) is 220 Å². The van der Waals surface area contributed by atoms with Crippen molar-refractivity contribution in [2.75, 3.05) is 47.5 Å². The Morgan fingerprint density at radius 2 is 0.581 bits per heavy atom. The van der Waals surface area contributed by atoms with Crippen LogP contribution in [-0.4, -0.2) is 87.4 Å². The summed E-state index contributed by atoms with van der Waals surface area (Å²) in [6.45, 7) is 4.58. The summed E-state index contributed by atoms with van der Waals surface area (Å²) < 4.78 is 22.9. The first-order valence-corrected chi connectivity index (χ1v) is 36.2. The smallest absolute Gasteiger partial charge is 0.361 e. The van der Waals surface area contributed by atoms with E-state index in [1.165, 1.54) is 57.8 Å². The van der Waals surface area contributed by atoms with E-state index in [9.17, 15) is 19.5 Å². The molecule has 1 N–H and O–H groups in total. The Morgan fingerprint density at radius 1 is 0.323 bits per heavy atom. The van der Waals surface area contributed by atoms with Crippen LogP contribution in [0.2, 0.25) is 0 Å². The second-order valence-electron chi connectivity index (χ2n) is 24.4. The van der Waals surface area contributed by atoms with E-state index in [1.807, 2.05) is 21.1 Å². The zero-order valence-electron chi connectivity index (χ0n) is 59.3. The minimum Gasteiger partial charge on any atom is -0.477 e. The summed E-state index contributed by atoms with van der Waals surface area (Å²) in [6.07, 6.45) is 109. The Morgan fingerprint density at radius 3 is 0.871 bits per heavy atom. The molecular weight excluding hydrogens is 1150 g/mol. The number of allylic oxidation sites excluding steroid dienone is 34. The molecule has 93 heavy (non-hydrogen) atoms. The summed E-state index contributed by atoms with van der Waals surface area (Å²) in [5, 5.41) is 9.75. The van der Waals surface area contributed by atoms with Gasteiger partial charge in [-0.1, -0.05) is 291 Å². The highest BCUT2D eigenvalue weighted by molar-refractivity contribution is 5.71. The first-order valence-electron chi connectivity index (χ1n) is 36.2. The highest BCUT2D eigenvalue weighted by atomic mass is 16.7. The quantitative estimate of drug-likeness (QED) is 0.0211. The molecule has 0 saturated carbocycles. The zero-order valence-corrected chi connectivity index (χ0v) is 59.3. The highest BCUT2D eigenvalue weighted by Crippen LogP contribution is 2.15. The molecule has 0 aliphatic heterocycles. The van der Waals surface area contributed by atoms with Gasteiger partial charge in [0.1, 0.15) is 13.2 Å². The second kappa shape index (κ2) is 71.7. The van der Waals surface area contributed by atoms with Gasteiger partial charge in [0.2, 0.25) is 0 Å². The van der Waals surface area contributed by atoms with E-state index in [0.29, 0.717) is 17.4 Å². The van der Waals surface area contributed by atoms with Gasteiger partial charge in [-0.3, -0.25) is 9.59 Å². The molecule has 0 heterocycles. The SMILES string of the molecule is CC/C=C\C/C=C\C/C=C\C/C=C\C/C=C\C/C=C\C/C=C\C/C=C\C/C=C\C/C=C\C/C=C\CCCCCC(=O)OC(COC(=O)CCCCCCCCCCCCCC/C=C\C/C=C\C/C=C\C/C=C\C/C=C\C/C=C\CC)COC(OCC[N+](C)(C)C)C(=O)O. The third kappa shape index (κ3) is 73.1. The van der Waals surface area contributed by atoms with E-state index in [-0.39, 0.29) is 38.6 Å². The fraction of sp³-hybridized carbons (Fsp3) is 0.560. The van der Waals surface area contributed by atoms with Gasteiger partial charge in [-0.25, -0.2) is 4.79 Å². The van der Waals surface area contributed by atoms with Crippen LogP contribution in [-0.2, 0) is 33.3 Å². The van der Waals surface area contributed by atoms with Gasteiger partial charge in [0, 0.05) is 12.8 Å². The van der Waals surface area contributed by atoms with Gasteiger partial charge in [-0.05, 0) is 148 Å². The summed E-state index contributed by atoms with van der Waals surface area (Å²) in [4.78, 5) is 37.7. The topological polar surface area (TPSA) is 108 Å². The molecule has 0 fully saturated rings. The molecule has 520 valence electrons. The predicted molar refractivity (Wildman–Crippen MR) is 400 cm³/mol. The summed E-state index contributed by atoms with van der Waals surface area (Å²) in [5.74, 6) is -2.08. The monoisotopic (exact) mass is 1280 g/mol. The van der Waals surface area contributed by atoms with Crippen LogP contribution in [0, 0.1) is 0 Å². The summed E-state index contributed by atoms with van der Waals surface area (Å²) in [7, 11) is 5.95. The molecule has 0 aromatic carbocycles. The molecule has 0 aliphatic carbocycles. The number of hydrogen-bond acceptors (Lipinski definition) is 7. The largest absolute Gasteiger partial charge is 0.477 e. The highest BCUT2D eigenvalue weighted by Gasteiger charge is 2.25. The molecule has 2 atom stereocenters. The second-order valence-corrected chi connectivity index (χ2v) is 24.4. The molecule has 9 heteroatoms. The minimum absolute atomic E-state index is 0.169. The number of ether oxygens (including phenoxy) is 4. The van der Waals surface area contributed by atoms with Gasteiger partial charge >= 0.3 is 17.9 Å². The molecule has 2 unspecified atom stereocenters. The predicted octanol–water partition coefficient (Wildman–Crippen LogP) is 23.1. The van der Waals surface area contributed by atoms with Gasteiger partial charge in [0.25, 0.3) is 6.29 Å². The van der Waals surface area contributed by atoms with E-state index in [1.54, 1.807) is 0 Å². The van der Waals surface area contributed by atoms with Crippen LogP contribution in [0.25, 0.3) is 0 Å². The van der Waals surface area contributed by atoms with Gasteiger partial charge in [-0.2, -0.15) is 0 Å². The Balaban J connectivity index is 4.26. The number of likely N-dealkylation sites (N-methyl/N-ethyl adjacent to an activating group) is 1. The average Bonchev–Trinajstić information content (AvgIpc) is 3.73. The molecule has 0 aromatic heterocycles. The Kier molecular flexibility index (Phi) is 67.0. The fourth-order valence-electron chi connectivity index (χ4n) is 9.08. The van der Waals surface area contributed by atoms with E-state index in [4.69, 9.17) is 18.9 Å². The molecular formula is C84H132NO8+. The molecule has 0 aliphatic rings. The van der Waals surface area contributed by atoms with Crippen LogP contribution in [0.4, 0.5) is 0 Å². The maximum atomic E-state index is 12.9. The van der Waals surface area contributed by atoms with Crippen LogP contribution >= 0.6 is 0 Å². The van der Waals surface area contributed by atoms with Crippen molar-refractivity contribution in [1.82, 2.24) is 0 Å². The fourth-order valence-corrected chi connectivity index (χ4v) is 9.08.